The normalized spacial score (nSPS) is 13.8. The zero-order valence-corrected chi connectivity index (χ0v) is 17.4. The molecule has 0 unspecified atom stereocenters. The van der Waals surface area contributed by atoms with Gasteiger partial charge in [-0.05, 0) is 63.8 Å². The summed E-state index contributed by atoms with van der Waals surface area (Å²) in [6.07, 6.45) is 3.36. The largest absolute Gasteiger partial charge is 0.495 e. The molecule has 0 radical (unpaired) electrons. The molecular formula is C25H27NO2. The van der Waals surface area contributed by atoms with Crippen LogP contribution in [0, 0.1) is 42.9 Å². The van der Waals surface area contributed by atoms with Crippen LogP contribution in [0.15, 0.2) is 29.1 Å². The van der Waals surface area contributed by atoms with E-state index in [9.17, 15) is 4.79 Å². The van der Waals surface area contributed by atoms with Crippen LogP contribution in [0.3, 0.4) is 0 Å². The minimum atomic E-state index is -0.0176. The number of nitrogens with zero attached hydrogens (tertiary/aromatic N) is 1. The van der Waals surface area contributed by atoms with Gasteiger partial charge >= 0.3 is 0 Å². The Balaban J connectivity index is 2.20. The third kappa shape index (κ3) is 3.34. The summed E-state index contributed by atoms with van der Waals surface area (Å²) in [7, 11) is 1.64. The fourth-order valence-electron chi connectivity index (χ4n) is 4.28. The molecule has 0 saturated heterocycles. The summed E-state index contributed by atoms with van der Waals surface area (Å²) in [5.74, 6) is 13.3. The van der Waals surface area contributed by atoms with Crippen molar-refractivity contribution in [2.45, 2.75) is 53.4 Å². The van der Waals surface area contributed by atoms with Crippen LogP contribution in [0.25, 0.3) is 5.69 Å². The fraction of sp³-hybridized carbons (Fsp3) is 0.400. The summed E-state index contributed by atoms with van der Waals surface area (Å²) in [5.41, 5.74) is 5.06. The summed E-state index contributed by atoms with van der Waals surface area (Å²) in [6, 6.07) is 7.68. The first-order chi connectivity index (χ1) is 13.5. The van der Waals surface area contributed by atoms with Crippen molar-refractivity contribution in [2.24, 2.45) is 5.41 Å². The SMILES string of the molecule is CC#CCC1(CC#CC)Cc2c(c(C)n(-c3ccccc3OC)c(=O)c2C)C1. The monoisotopic (exact) mass is 373 g/mol. The van der Waals surface area contributed by atoms with Gasteiger partial charge in [-0.1, -0.05) is 12.1 Å². The third-order valence-corrected chi connectivity index (χ3v) is 5.82. The summed E-state index contributed by atoms with van der Waals surface area (Å²) < 4.78 is 7.33. The van der Waals surface area contributed by atoms with Gasteiger partial charge in [-0.2, -0.15) is 0 Å². The number of methoxy groups -OCH3 is 1. The standard InChI is InChI=1S/C25H27NO2/c1-6-8-14-25(15-9-7-2)16-20-18(3)24(27)26(19(4)21(20)17-25)22-12-10-11-13-23(22)28-5/h10-13H,14-17H2,1-5H3. The van der Waals surface area contributed by atoms with E-state index in [4.69, 9.17) is 4.74 Å². The summed E-state index contributed by atoms with van der Waals surface area (Å²) >= 11 is 0. The van der Waals surface area contributed by atoms with E-state index in [-0.39, 0.29) is 11.0 Å². The molecule has 1 heterocycles. The maximum Gasteiger partial charge on any atom is 0.258 e. The van der Waals surface area contributed by atoms with Gasteiger partial charge in [0.1, 0.15) is 5.75 Å². The van der Waals surface area contributed by atoms with E-state index in [1.54, 1.807) is 11.7 Å². The summed E-state index contributed by atoms with van der Waals surface area (Å²) in [4.78, 5) is 13.3. The maximum absolute atomic E-state index is 13.3. The van der Waals surface area contributed by atoms with Crippen molar-refractivity contribution in [3.05, 3.63) is 57.0 Å². The molecule has 0 atom stereocenters. The second-order valence-corrected chi connectivity index (χ2v) is 7.54. The van der Waals surface area contributed by atoms with E-state index < -0.39 is 0 Å². The minimum Gasteiger partial charge on any atom is -0.495 e. The highest BCUT2D eigenvalue weighted by molar-refractivity contribution is 5.52. The van der Waals surface area contributed by atoms with Gasteiger partial charge in [0, 0.05) is 29.5 Å². The predicted octanol–water partition coefficient (Wildman–Crippen LogP) is 4.37. The molecule has 1 aliphatic rings. The van der Waals surface area contributed by atoms with Crippen molar-refractivity contribution in [1.82, 2.24) is 4.57 Å². The Morgan fingerprint density at radius 2 is 1.64 bits per heavy atom. The van der Waals surface area contributed by atoms with Gasteiger partial charge < -0.3 is 4.74 Å². The van der Waals surface area contributed by atoms with Crippen LogP contribution in [-0.2, 0) is 12.8 Å². The molecule has 3 heteroatoms. The molecule has 3 rings (SSSR count). The van der Waals surface area contributed by atoms with E-state index in [0.29, 0.717) is 5.75 Å². The Kier molecular flexibility index (Phi) is 5.66. The number of rotatable bonds is 4. The van der Waals surface area contributed by atoms with E-state index in [2.05, 4.69) is 23.7 Å². The number of hydrogen-bond donors (Lipinski definition) is 0. The third-order valence-electron chi connectivity index (χ3n) is 5.82. The van der Waals surface area contributed by atoms with Crippen molar-refractivity contribution in [1.29, 1.82) is 0 Å². The van der Waals surface area contributed by atoms with Crippen molar-refractivity contribution in [3.8, 4) is 35.1 Å². The molecule has 0 spiro atoms. The average molecular weight is 373 g/mol. The number of hydrogen-bond acceptors (Lipinski definition) is 2. The highest BCUT2D eigenvalue weighted by Gasteiger charge is 2.39. The van der Waals surface area contributed by atoms with Crippen LogP contribution < -0.4 is 10.3 Å². The van der Waals surface area contributed by atoms with Crippen LogP contribution >= 0.6 is 0 Å². The molecule has 0 aliphatic heterocycles. The number of fused-ring (bicyclic) bond motifs is 1. The molecule has 0 fully saturated rings. The Morgan fingerprint density at radius 1 is 1.04 bits per heavy atom. The molecule has 2 aromatic rings. The zero-order valence-electron chi connectivity index (χ0n) is 17.4. The van der Waals surface area contributed by atoms with Gasteiger partial charge in [0.25, 0.3) is 5.56 Å². The highest BCUT2D eigenvalue weighted by Crippen LogP contribution is 2.44. The lowest BCUT2D eigenvalue weighted by atomic mass is 9.78. The van der Waals surface area contributed by atoms with E-state index in [0.717, 1.165) is 42.6 Å². The van der Waals surface area contributed by atoms with Crippen molar-refractivity contribution >= 4 is 0 Å². The molecule has 28 heavy (non-hydrogen) atoms. The molecule has 0 bridgehead atoms. The number of pyridine rings is 1. The smallest absolute Gasteiger partial charge is 0.258 e. The summed E-state index contributed by atoms with van der Waals surface area (Å²) in [6.45, 7) is 7.74. The molecule has 144 valence electrons. The van der Waals surface area contributed by atoms with E-state index in [1.807, 2.05) is 52.0 Å². The molecule has 0 N–H and O–H groups in total. The maximum atomic E-state index is 13.3. The molecule has 0 saturated carbocycles. The number of benzene rings is 1. The second-order valence-electron chi connectivity index (χ2n) is 7.54. The first-order valence-corrected chi connectivity index (χ1v) is 9.64. The van der Waals surface area contributed by atoms with Crippen LogP contribution in [0.1, 0.15) is 49.1 Å². The molecular weight excluding hydrogens is 346 g/mol. The topological polar surface area (TPSA) is 31.2 Å². The van der Waals surface area contributed by atoms with Crippen LogP contribution in [-0.4, -0.2) is 11.7 Å². The quantitative estimate of drug-likeness (QED) is 0.745. The highest BCUT2D eigenvalue weighted by atomic mass is 16.5. The predicted molar refractivity (Wildman–Crippen MR) is 114 cm³/mol. The first-order valence-electron chi connectivity index (χ1n) is 9.64. The van der Waals surface area contributed by atoms with Gasteiger partial charge in [0.2, 0.25) is 0 Å². The van der Waals surface area contributed by atoms with Crippen LogP contribution in [0.2, 0.25) is 0 Å². The van der Waals surface area contributed by atoms with Gasteiger partial charge in [-0.25, -0.2) is 0 Å². The summed E-state index contributed by atoms with van der Waals surface area (Å²) in [5, 5.41) is 0. The molecule has 3 nitrogen and oxygen atoms in total. The Bertz CT molecular complexity index is 1060. The number of para-hydroxylation sites is 2. The molecule has 1 aliphatic carbocycles. The first kappa shape index (κ1) is 19.8. The average Bonchev–Trinajstić information content (AvgIpc) is 3.10. The Hall–Kier alpha value is -2.91. The van der Waals surface area contributed by atoms with Crippen molar-refractivity contribution in [2.75, 3.05) is 7.11 Å². The Morgan fingerprint density at radius 3 is 2.25 bits per heavy atom. The minimum absolute atomic E-state index is 0.0176. The van der Waals surface area contributed by atoms with Crippen molar-refractivity contribution in [3.63, 3.8) is 0 Å². The van der Waals surface area contributed by atoms with Gasteiger partial charge in [-0.15, -0.1) is 23.7 Å². The lowest BCUT2D eigenvalue weighted by molar-refractivity contribution is 0.323. The van der Waals surface area contributed by atoms with Crippen LogP contribution in [0.4, 0.5) is 0 Å². The van der Waals surface area contributed by atoms with E-state index in [1.165, 1.54) is 11.1 Å². The lowest BCUT2D eigenvalue weighted by Crippen LogP contribution is -2.25. The number of ether oxygens (including phenoxy) is 1. The molecule has 0 amide bonds. The molecule has 1 aromatic heterocycles. The van der Waals surface area contributed by atoms with Crippen LogP contribution in [0.5, 0.6) is 5.75 Å². The number of aromatic nitrogens is 1. The fourth-order valence-corrected chi connectivity index (χ4v) is 4.28. The van der Waals surface area contributed by atoms with Gasteiger partial charge in [-0.3, -0.25) is 9.36 Å². The Labute approximate surface area is 167 Å². The molecule has 1 aromatic carbocycles. The van der Waals surface area contributed by atoms with E-state index >= 15 is 0 Å². The van der Waals surface area contributed by atoms with Crippen molar-refractivity contribution < 1.29 is 4.74 Å². The lowest BCUT2D eigenvalue weighted by Gasteiger charge is -2.24. The van der Waals surface area contributed by atoms with Gasteiger partial charge in [0.15, 0.2) is 0 Å². The second kappa shape index (κ2) is 7.99. The zero-order chi connectivity index (χ0) is 20.3. The van der Waals surface area contributed by atoms with Gasteiger partial charge in [0.05, 0.1) is 12.8 Å².